The quantitative estimate of drug-likeness (QED) is 0.836. The lowest BCUT2D eigenvalue weighted by Crippen LogP contribution is -2.38. The summed E-state index contributed by atoms with van der Waals surface area (Å²) in [5, 5.41) is 6.16. The molecule has 0 saturated carbocycles. The van der Waals surface area contributed by atoms with Crippen LogP contribution in [0.15, 0.2) is 22.7 Å². The molecule has 0 aliphatic carbocycles. The Hall–Kier alpha value is -1.03. The summed E-state index contributed by atoms with van der Waals surface area (Å²) in [7, 11) is 0. The van der Waals surface area contributed by atoms with Gasteiger partial charge in [0, 0.05) is 16.7 Å². The van der Waals surface area contributed by atoms with Crippen LogP contribution in [0.5, 0.6) is 0 Å². The fourth-order valence-electron chi connectivity index (χ4n) is 1.69. The number of aryl methyl sites for hydroxylation is 1. The highest BCUT2D eigenvalue weighted by Gasteiger charge is 2.12. The first-order valence-corrected chi connectivity index (χ1v) is 7.50. The van der Waals surface area contributed by atoms with Gasteiger partial charge in [-0.15, -0.1) is 0 Å². The third-order valence-electron chi connectivity index (χ3n) is 2.96. The van der Waals surface area contributed by atoms with Crippen LogP contribution in [0.25, 0.3) is 0 Å². The summed E-state index contributed by atoms with van der Waals surface area (Å²) in [5.74, 6) is 0.652. The molecule has 1 rings (SSSR count). The maximum atomic E-state index is 11.9. The summed E-state index contributed by atoms with van der Waals surface area (Å²) in [6.07, 6.45) is 1.01. The maximum Gasteiger partial charge on any atom is 0.242 e. The Morgan fingerprint density at radius 3 is 2.58 bits per heavy atom. The van der Waals surface area contributed by atoms with Crippen molar-refractivity contribution < 1.29 is 4.79 Å². The van der Waals surface area contributed by atoms with Crippen molar-refractivity contribution >= 4 is 27.5 Å². The van der Waals surface area contributed by atoms with E-state index in [0.29, 0.717) is 5.92 Å². The summed E-state index contributed by atoms with van der Waals surface area (Å²) in [5.41, 5.74) is 2.12. The van der Waals surface area contributed by atoms with Crippen LogP contribution in [0.2, 0.25) is 0 Å². The number of benzene rings is 1. The van der Waals surface area contributed by atoms with Crippen LogP contribution in [0.1, 0.15) is 32.8 Å². The molecule has 0 heterocycles. The molecule has 0 radical (unpaired) electrons. The predicted molar refractivity (Wildman–Crippen MR) is 84.4 cm³/mol. The number of amides is 1. The fourth-order valence-corrected chi connectivity index (χ4v) is 1.93. The minimum atomic E-state index is -0.229. The summed E-state index contributed by atoms with van der Waals surface area (Å²) in [6, 6.07) is 5.76. The molecule has 1 atom stereocenters. The molecule has 1 aromatic rings. The predicted octanol–water partition coefficient (Wildman–Crippen LogP) is 3.72. The molecule has 0 bridgehead atoms. The lowest BCUT2D eigenvalue weighted by atomic mass is 10.1. The van der Waals surface area contributed by atoms with Crippen molar-refractivity contribution in [2.24, 2.45) is 5.92 Å². The monoisotopic (exact) mass is 326 g/mol. The minimum Gasteiger partial charge on any atom is -0.374 e. The molecule has 19 heavy (non-hydrogen) atoms. The average Bonchev–Trinajstić information content (AvgIpc) is 2.33. The number of anilines is 1. The second kappa shape index (κ2) is 7.53. The van der Waals surface area contributed by atoms with Crippen molar-refractivity contribution in [2.75, 3.05) is 11.9 Å². The van der Waals surface area contributed by atoms with Crippen LogP contribution >= 0.6 is 15.9 Å². The Bertz CT molecular complexity index is 432. The van der Waals surface area contributed by atoms with E-state index in [1.54, 1.807) is 0 Å². The molecule has 0 aromatic heterocycles. The number of halogens is 1. The molecule has 0 saturated heterocycles. The van der Waals surface area contributed by atoms with Crippen molar-refractivity contribution in [3.63, 3.8) is 0 Å². The van der Waals surface area contributed by atoms with Crippen LogP contribution in [-0.2, 0) is 4.79 Å². The normalized spacial score (nSPS) is 12.3. The lowest BCUT2D eigenvalue weighted by Gasteiger charge is -2.16. The van der Waals surface area contributed by atoms with E-state index in [2.05, 4.69) is 40.4 Å². The summed E-state index contributed by atoms with van der Waals surface area (Å²) in [6.45, 7) is 8.95. The van der Waals surface area contributed by atoms with E-state index in [9.17, 15) is 4.79 Å². The van der Waals surface area contributed by atoms with Crippen LogP contribution in [0, 0.1) is 12.8 Å². The van der Waals surface area contributed by atoms with Crippen LogP contribution in [0.3, 0.4) is 0 Å². The average molecular weight is 327 g/mol. The van der Waals surface area contributed by atoms with Gasteiger partial charge in [0.05, 0.1) is 0 Å². The molecular weight excluding hydrogens is 304 g/mol. The van der Waals surface area contributed by atoms with Gasteiger partial charge >= 0.3 is 0 Å². The van der Waals surface area contributed by atoms with Gasteiger partial charge in [-0.3, -0.25) is 4.79 Å². The van der Waals surface area contributed by atoms with E-state index >= 15 is 0 Å². The van der Waals surface area contributed by atoms with Crippen molar-refractivity contribution in [3.05, 3.63) is 28.2 Å². The summed E-state index contributed by atoms with van der Waals surface area (Å²) < 4.78 is 1.08. The number of nitrogens with one attached hydrogen (secondary N) is 2. The van der Waals surface area contributed by atoms with Gasteiger partial charge in [0.15, 0.2) is 0 Å². The Morgan fingerprint density at radius 2 is 2.00 bits per heavy atom. The molecule has 106 valence electrons. The largest absolute Gasteiger partial charge is 0.374 e. The molecule has 0 aliphatic rings. The zero-order valence-corrected chi connectivity index (χ0v) is 13.7. The number of hydrogen-bond acceptors (Lipinski definition) is 2. The molecule has 2 N–H and O–H groups in total. The van der Waals surface area contributed by atoms with Gasteiger partial charge in [-0.1, -0.05) is 29.8 Å². The number of carbonyl (C=O) groups is 1. The van der Waals surface area contributed by atoms with Gasteiger partial charge in [-0.2, -0.15) is 0 Å². The fraction of sp³-hybridized carbons (Fsp3) is 0.533. The first-order valence-electron chi connectivity index (χ1n) is 6.70. The standard InChI is InChI=1S/C15H23BrN2O/c1-10(2)7-8-17-15(19)12(4)18-13-5-6-14(16)11(3)9-13/h5-6,9-10,12,18H,7-8H2,1-4H3,(H,17,19). The van der Waals surface area contributed by atoms with Gasteiger partial charge < -0.3 is 10.6 Å². The molecule has 0 spiro atoms. The van der Waals surface area contributed by atoms with E-state index in [0.717, 1.165) is 28.7 Å². The highest BCUT2D eigenvalue weighted by molar-refractivity contribution is 9.10. The highest BCUT2D eigenvalue weighted by Crippen LogP contribution is 2.20. The summed E-state index contributed by atoms with van der Waals surface area (Å²) >= 11 is 3.47. The number of rotatable bonds is 6. The molecule has 1 unspecified atom stereocenters. The summed E-state index contributed by atoms with van der Waals surface area (Å²) in [4.78, 5) is 11.9. The SMILES string of the molecule is Cc1cc(NC(C)C(=O)NCCC(C)C)ccc1Br. The van der Waals surface area contributed by atoms with Gasteiger partial charge in [-0.05, 0) is 49.9 Å². The second-order valence-corrected chi connectivity index (χ2v) is 6.16. The third kappa shape index (κ3) is 5.64. The van der Waals surface area contributed by atoms with E-state index in [-0.39, 0.29) is 11.9 Å². The van der Waals surface area contributed by atoms with Gasteiger partial charge in [0.2, 0.25) is 5.91 Å². The Labute approximate surface area is 124 Å². The smallest absolute Gasteiger partial charge is 0.242 e. The third-order valence-corrected chi connectivity index (χ3v) is 3.85. The molecule has 0 aliphatic heterocycles. The molecule has 4 heteroatoms. The van der Waals surface area contributed by atoms with E-state index in [1.807, 2.05) is 32.0 Å². The molecule has 1 aromatic carbocycles. The number of carbonyl (C=O) groups excluding carboxylic acids is 1. The highest BCUT2D eigenvalue weighted by atomic mass is 79.9. The Balaban J connectivity index is 2.47. The van der Waals surface area contributed by atoms with Crippen molar-refractivity contribution in [1.82, 2.24) is 5.32 Å². The van der Waals surface area contributed by atoms with Gasteiger partial charge in [-0.25, -0.2) is 0 Å². The van der Waals surface area contributed by atoms with Crippen molar-refractivity contribution in [3.8, 4) is 0 Å². The topological polar surface area (TPSA) is 41.1 Å². The van der Waals surface area contributed by atoms with Crippen molar-refractivity contribution in [1.29, 1.82) is 0 Å². The van der Waals surface area contributed by atoms with Crippen LogP contribution in [0.4, 0.5) is 5.69 Å². The van der Waals surface area contributed by atoms with E-state index in [4.69, 9.17) is 0 Å². The molecule has 0 fully saturated rings. The van der Waals surface area contributed by atoms with Gasteiger partial charge in [0.1, 0.15) is 6.04 Å². The Morgan fingerprint density at radius 1 is 1.32 bits per heavy atom. The lowest BCUT2D eigenvalue weighted by molar-refractivity contribution is -0.121. The first-order chi connectivity index (χ1) is 8.90. The zero-order valence-electron chi connectivity index (χ0n) is 12.1. The van der Waals surface area contributed by atoms with E-state index < -0.39 is 0 Å². The molecule has 3 nitrogen and oxygen atoms in total. The van der Waals surface area contributed by atoms with Crippen LogP contribution < -0.4 is 10.6 Å². The first kappa shape index (κ1) is 16.0. The van der Waals surface area contributed by atoms with Crippen LogP contribution in [-0.4, -0.2) is 18.5 Å². The molecule has 1 amide bonds. The molecular formula is C15H23BrN2O. The Kier molecular flexibility index (Phi) is 6.35. The second-order valence-electron chi connectivity index (χ2n) is 5.30. The number of hydrogen-bond donors (Lipinski definition) is 2. The zero-order chi connectivity index (χ0) is 14.4. The maximum absolute atomic E-state index is 11.9. The van der Waals surface area contributed by atoms with Gasteiger partial charge in [0.25, 0.3) is 0 Å². The van der Waals surface area contributed by atoms with Crippen molar-refractivity contribution in [2.45, 2.75) is 40.2 Å². The minimum absolute atomic E-state index is 0.0428. The van der Waals surface area contributed by atoms with E-state index in [1.165, 1.54) is 0 Å².